The van der Waals surface area contributed by atoms with Crippen LogP contribution in [0.1, 0.15) is 65.2 Å². The van der Waals surface area contributed by atoms with Crippen LogP contribution in [-0.2, 0) is 18.1 Å². The molecule has 4 unspecified atom stereocenters. The molecule has 4 fully saturated rings. The van der Waals surface area contributed by atoms with Crippen molar-refractivity contribution in [1.82, 2.24) is 0 Å². The lowest BCUT2D eigenvalue weighted by Gasteiger charge is -2.64. The molecule has 0 spiro atoms. The van der Waals surface area contributed by atoms with E-state index in [1.54, 1.807) is 7.11 Å². The molecular weight excluding hydrogens is 535 g/mol. The molecule has 0 heterocycles. The molecule has 5 nitrogen and oxygen atoms in total. The van der Waals surface area contributed by atoms with Crippen LogP contribution >= 0.6 is 0 Å². The van der Waals surface area contributed by atoms with Crippen molar-refractivity contribution < 1.29 is 18.1 Å². The summed E-state index contributed by atoms with van der Waals surface area (Å²) in [4.78, 5) is 5.44. The zero-order valence-electron chi connectivity index (χ0n) is 27.5. The van der Waals surface area contributed by atoms with Crippen molar-refractivity contribution in [2.24, 2.45) is 45.6 Å². The molecule has 0 radical (unpaired) electrons. The number of oxime groups is 1. The zero-order chi connectivity index (χ0) is 29.0. The Morgan fingerprint density at radius 3 is 2.05 bits per heavy atom. The maximum absolute atomic E-state index is 7.26. The first kappa shape index (κ1) is 31.9. The average Bonchev–Trinajstić information content (AvgIpc) is 3.10. The second kappa shape index (κ2) is 11.3. The first-order valence-corrected chi connectivity index (χ1v) is 26.2. The van der Waals surface area contributed by atoms with E-state index in [-0.39, 0.29) is 5.41 Å². The van der Waals surface area contributed by atoms with Crippen molar-refractivity contribution in [3.63, 3.8) is 0 Å². The molecule has 0 bridgehead atoms. The first-order valence-electron chi connectivity index (χ1n) is 16.0. The molecular formula is C31H61NO4Si3. The van der Waals surface area contributed by atoms with Crippen LogP contribution in [0.3, 0.4) is 0 Å². The third kappa shape index (κ3) is 6.98. The van der Waals surface area contributed by atoms with Crippen LogP contribution in [0.5, 0.6) is 0 Å². The standard InChI is InChI=1S/C31H61NO4Si3/c1-30-18-17-23(35-38(7,8)9)19-22(30)13-14-24-25-15-16-26(27(32-33-3)21-34-37(4,5)6)31(25,2)20-28(29(24)30)36-39(10,11)12/h22-26,28-29H,13-21H2,1-12H3/b32-27-/t22-,23-,24?,25?,26?,28+,29?,30+,31+/m1/s1. The van der Waals surface area contributed by atoms with Gasteiger partial charge in [-0.15, -0.1) is 0 Å². The maximum Gasteiger partial charge on any atom is 0.184 e. The monoisotopic (exact) mass is 595 g/mol. The lowest BCUT2D eigenvalue weighted by atomic mass is 9.44. The SMILES string of the molecule is CO/N=C(/CO[Si](C)(C)C)C1CCC2C3CC[C@@H]4C[C@H](O[Si](C)(C)C)CC[C@]4(C)C3[C@@H](O[Si](C)(C)C)C[C@]12C. The van der Waals surface area contributed by atoms with Crippen LogP contribution < -0.4 is 0 Å². The van der Waals surface area contributed by atoms with Gasteiger partial charge in [0.15, 0.2) is 25.0 Å². The quantitative estimate of drug-likeness (QED) is 0.152. The maximum atomic E-state index is 7.26. The smallest absolute Gasteiger partial charge is 0.184 e. The van der Waals surface area contributed by atoms with Gasteiger partial charge < -0.3 is 18.1 Å². The Labute approximate surface area is 243 Å². The Balaban J connectivity index is 1.64. The summed E-state index contributed by atoms with van der Waals surface area (Å²) in [6.07, 6.45) is 11.0. The third-order valence-corrected chi connectivity index (χ3v) is 13.9. The van der Waals surface area contributed by atoms with E-state index in [2.05, 4.69) is 77.9 Å². The third-order valence-electron chi connectivity index (χ3n) is 10.8. The number of nitrogens with zero attached hydrogens (tertiary/aromatic N) is 1. The average molecular weight is 596 g/mol. The van der Waals surface area contributed by atoms with Gasteiger partial charge in [-0.25, -0.2) is 0 Å². The van der Waals surface area contributed by atoms with Crippen LogP contribution in [0, 0.1) is 40.4 Å². The van der Waals surface area contributed by atoms with Crippen LogP contribution in [0.25, 0.3) is 0 Å². The molecule has 4 aliphatic rings. The minimum absolute atomic E-state index is 0.187. The summed E-state index contributed by atoms with van der Waals surface area (Å²) in [5.41, 5.74) is 1.68. The van der Waals surface area contributed by atoms with Gasteiger partial charge in [0.05, 0.1) is 12.3 Å². The van der Waals surface area contributed by atoms with E-state index in [1.807, 2.05) is 0 Å². The second-order valence-corrected chi connectivity index (χ2v) is 30.4. The second-order valence-electron chi connectivity index (χ2n) is 17.0. The van der Waals surface area contributed by atoms with Crippen molar-refractivity contribution >= 4 is 30.7 Å². The molecule has 226 valence electrons. The van der Waals surface area contributed by atoms with Crippen LogP contribution in [0.2, 0.25) is 58.9 Å². The minimum Gasteiger partial charge on any atom is -0.415 e. The molecule has 9 atom stereocenters. The van der Waals surface area contributed by atoms with Gasteiger partial charge in [-0.1, -0.05) is 19.0 Å². The summed E-state index contributed by atoms with van der Waals surface area (Å²) in [7, 11) is -3.21. The fourth-order valence-electron chi connectivity index (χ4n) is 9.62. The van der Waals surface area contributed by atoms with Gasteiger partial charge in [-0.05, 0) is 145 Å². The van der Waals surface area contributed by atoms with Crippen LogP contribution in [0.15, 0.2) is 5.16 Å². The molecule has 0 amide bonds. The van der Waals surface area contributed by atoms with Crippen LogP contribution in [0.4, 0.5) is 0 Å². The first-order chi connectivity index (χ1) is 17.9. The molecule has 0 aromatic carbocycles. The van der Waals surface area contributed by atoms with E-state index in [1.165, 1.54) is 44.9 Å². The summed E-state index contributed by atoms with van der Waals surface area (Å²) < 4.78 is 20.4. The molecule has 4 aliphatic carbocycles. The van der Waals surface area contributed by atoms with Crippen molar-refractivity contribution in [1.29, 1.82) is 0 Å². The lowest BCUT2D eigenvalue weighted by molar-refractivity contribution is -0.168. The molecule has 8 heteroatoms. The number of fused-ring (bicyclic) bond motifs is 5. The lowest BCUT2D eigenvalue weighted by Crippen LogP contribution is -2.61. The molecule has 4 rings (SSSR count). The van der Waals surface area contributed by atoms with Gasteiger partial charge in [0.1, 0.15) is 7.11 Å². The Morgan fingerprint density at radius 2 is 1.46 bits per heavy atom. The van der Waals surface area contributed by atoms with Gasteiger partial charge in [0.2, 0.25) is 0 Å². The fourth-order valence-corrected chi connectivity index (χ4v) is 12.6. The van der Waals surface area contributed by atoms with Crippen molar-refractivity contribution in [3.8, 4) is 0 Å². The van der Waals surface area contributed by atoms with Gasteiger partial charge >= 0.3 is 0 Å². The Bertz CT molecular complexity index is 894. The molecule has 0 aliphatic heterocycles. The highest BCUT2D eigenvalue weighted by Gasteiger charge is 2.64. The molecule has 0 aromatic rings. The highest BCUT2D eigenvalue weighted by molar-refractivity contribution is 6.70. The molecule has 0 N–H and O–H groups in total. The Hall–Kier alpha value is 0.000649. The molecule has 0 saturated heterocycles. The topological polar surface area (TPSA) is 49.3 Å². The van der Waals surface area contributed by atoms with E-state index in [0.29, 0.717) is 36.1 Å². The van der Waals surface area contributed by atoms with E-state index < -0.39 is 25.0 Å². The van der Waals surface area contributed by atoms with E-state index in [9.17, 15) is 0 Å². The highest BCUT2D eigenvalue weighted by atomic mass is 28.4. The predicted molar refractivity (Wildman–Crippen MR) is 171 cm³/mol. The molecule has 0 aromatic heterocycles. The molecule has 4 saturated carbocycles. The van der Waals surface area contributed by atoms with Gasteiger partial charge in [-0.2, -0.15) is 0 Å². The number of hydrogen-bond acceptors (Lipinski definition) is 5. The highest BCUT2D eigenvalue weighted by Crippen LogP contribution is 2.68. The summed E-state index contributed by atoms with van der Waals surface area (Å²) in [5.74, 6) is 3.32. The summed E-state index contributed by atoms with van der Waals surface area (Å²) in [6.45, 7) is 26.9. The van der Waals surface area contributed by atoms with Gasteiger partial charge in [0.25, 0.3) is 0 Å². The van der Waals surface area contributed by atoms with E-state index in [4.69, 9.17) is 18.1 Å². The molecule has 39 heavy (non-hydrogen) atoms. The van der Waals surface area contributed by atoms with E-state index >= 15 is 0 Å². The summed E-state index contributed by atoms with van der Waals surface area (Å²) in [5, 5.41) is 4.64. The van der Waals surface area contributed by atoms with E-state index in [0.717, 1.165) is 29.9 Å². The minimum atomic E-state index is -1.73. The Kier molecular flexibility index (Phi) is 9.21. The zero-order valence-corrected chi connectivity index (χ0v) is 30.5. The van der Waals surface area contributed by atoms with Crippen LogP contribution in [-0.4, -0.2) is 56.6 Å². The largest absolute Gasteiger partial charge is 0.415 e. The number of rotatable bonds is 9. The summed E-state index contributed by atoms with van der Waals surface area (Å²) >= 11 is 0. The number of hydrogen-bond donors (Lipinski definition) is 0. The van der Waals surface area contributed by atoms with Crippen molar-refractivity contribution in [3.05, 3.63) is 0 Å². The van der Waals surface area contributed by atoms with Gasteiger partial charge in [0, 0.05) is 18.1 Å². The predicted octanol–water partition coefficient (Wildman–Crippen LogP) is 8.55. The fraction of sp³-hybridized carbons (Fsp3) is 0.968. The normalized spacial score (nSPS) is 41.5. The van der Waals surface area contributed by atoms with Gasteiger partial charge in [-0.3, -0.25) is 0 Å². The van der Waals surface area contributed by atoms with Crippen molar-refractivity contribution in [2.75, 3.05) is 13.7 Å². The Morgan fingerprint density at radius 1 is 0.795 bits per heavy atom. The summed E-state index contributed by atoms with van der Waals surface area (Å²) in [6, 6.07) is 0. The van der Waals surface area contributed by atoms with Crippen molar-refractivity contribution in [2.45, 2.75) is 136 Å².